The largest absolute Gasteiger partial charge is 0.337 e. The van der Waals surface area contributed by atoms with Gasteiger partial charge in [-0.2, -0.15) is 0 Å². The van der Waals surface area contributed by atoms with E-state index in [1.54, 1.807) is 15.9 Å². The number of benzene rings is 1. The molecule has 0 aliphatic carbocycles. The quantitative estimate of drug-likeness (QED) is 0.416. The van der Waals surface area contributed by atoms with Gasteiger partial charge >= 0.3 is 0 Å². The van der Waals surface area contributed by atoms with Crippen LogP contribution in [0.25, 0.3) is 10.2 Å². The molecule has 0 unspecified atom stereocenters. The Labute approximate surface area is 185 Å². The number of unbranched alkanes of at least 4 members (excludes halogenated alkanes) is 1. The first kappa shape index (κ1) is 21.1. The Morgan fingerprint density at radius 1 is 1.23 bits per heavy atom. The molecule has 0 saturated carbocycles. The molecule has 0 N–H and O–H groups in total. The van der Waals surface area contributed by atoms with Crippen LogP contribution in [0.4, 0.5) is 0 Å². The minimum absolute atomic E-state index is 0.0251. The molecule has 1 aromatic carbocycles. The van der Waals surface area contributed by atoms with Crippen molar-refractivity contribution in [3.05, 3.63) is 56.2 Å². The summed E-state index contributed by atoms with van der Waals surface area (Å²) < 4.78 is 1.77. The first-order valence-electron chi connectivity index (χ1n) is 10.5. The van der Waals surface area contributed by atoms with Gasteiger partial charge in [0.15, 0.2) is 5.16 Å². The molecule has 0 saturated heterocycles. The summed E-state index contributed by atoms with van der Waals surface area (Å²) in [6.07, 6.45) is 2.81. The van der Waals surface area contributed by atoms with Gasteiger partial charge in [0.1, 0.15) is 4.83 Å². The molecule has 5 nitrogen and oxygen atoms in total. The van der Waals surface area contributed by atoms with Crippen molar-refractivity contribution < 1.29 is 4.79 Å². The standard InChI is InChI=1S/C23H27N3O2S2/c1-4-5-11-26-22(28)20-15(2)16(3)30-21(20)24-23(26)29-14-19(27)25-12-10-17-8-6-7-9-18(17)13-25/h6-9H,4-5,10-14H2,1-3H3. The Hall–Kier alpha value is -2.12. The van der Waals surface area contributed by atoms with E-state index in [4.69, 9.17) is 4.98 Å². The van der Waals surface area contributed by atoms with Crippen LogP contribution in [-0.2, 0) is 24.3 Å². The molecule has 0 bridgehead atoms. The number of aromatic nitrogens is 2. The van der Waals surface area contributed by atoms with Crippen LogP contribution in [0.1, 0.15) is 41.3 Å². The summed E-state index contributed by atoms with van der Waals surface area (Å²) in [5.41, 5.74) is 3.61. The van der Waals surface area contributed by atoms with Gasteiger partial charge in [0.2, 0.25) is 5.91 Å². The number of carbonyl (C=O) groups is 1. The lowest BCUT2D eigenvalue weighted by Gasteiger charge is -2.28. The number of thiophene rings is 1. The molecule has 0 fully saturated rings. The average molecular weight is 442 g/mol. The molecule has 0 atom stereocenters. The number of carbonyl (C=O) groups excluding carboxylic acids is 1. The summed E-state index contributed by atoms with van der Waals surface area (Å²) in [5.74, 6) is 0.402. The van der Waals surface area contributed by atoms with E-state index >= 15 is 0 Å². The van der Waals surface area contributed by atoms with Crippen molar-refractivity contribution in [1.29, 1.82) is 0 Å². The average Bonchev–Trinajstić information content (AvgIpc) is 3.04. The predicted octanol–water partition coefficient (Wildman–Crippen LogP) is 4.55. The summed E-state index contributed by atoms with van der Waals surface area (Å²) >= 11 is 2.95. The number of amides is 1. The third-order valence-corrected chi connectivity index (χ3v) is 7.86. The third-order valence-electron chi connectivity index (χ3n) is 5.80. The molecule has 3 heterocycles. The maximum absolute atomic E-state index is 13.2. The lowest BCUT2D eigenvalue weighted by atomic mass is 10.00. The van der Waals surface area contributed by atoms with Gasteiger partial charge in [-0.25, -0.2) is 4.98 Å². The molecule has 1 aliphatic rings. The van der Waals surface area contributed by atoms with E-state index in [1.165, 1.54) is 22.9 Å². The normalized spacial score (nSPS) is 13.6. The van der Waals surface area contributed by atoms with E-state index in [0.29, 0.717) is 24.0 Å². The minimum Gasteiger partial charge on any atom is -0.337 e. The van der Waals surface area contributed by atoms with Crippen molar-refractivity contribution in [1.82, 2.24) is 14.5 Å². The van der Waals surface area contributed by atoms with Crippen LogP contribution in [0.3, 0.4) is 0 Å². The highest BCUT2D eigenvalue weighted by atomic mass is 32.2. The number of rotatable bonds is 6. The van der Waals surface area contributed by atoms with E-state index in [-0.39, 0.29) is 11.5 Å². The molecule has 158 valence electrons. The van der Waals surface area contributed by atoms with Crippen molar-refractivity contribution in [2.24, 2.45) is 0 Å². The summed E-state index contributed by atoms with van der Waals surface area (Å²) in [6, 6.07) is 8.32. The van der Waals surface area contributed by atoms with Crippen LogP contribution in [0, 0.1) is 13.8 Å². The fourth-order valence-electron chi connectivity index (χ4n) is 3.86. The van der Waals surface area contributed by atoms with Crippen molar-refractivity contribution in [2.75, 3.05) is 12.3 Å². The first-order chi connectivity index (χ1) is 14.5. The number of nitrogens with zero attached hydrogens (tertiary/aromatic N) is 3. The number of thioether (sulfide) groups is 1. The molecule has 7 heteroatoms. The summed E-state index contributed by atoms with van der Waals surface area (Å²) in [4.78, 5) is 34.7. The molecule has 1 aliphatic heterocycles. The van der Waals surface area contributed by atoms with Crippen LogP contribution in [0.15, 0.2) is 34.2 Å². The lowest BCUT2D eigenvalue weighted by Crippen LogP contribution is -2.37. The minimum atomic E-state index is 0.0251. The Kier molecular flexibility index (Phi) is 6.29. The van der Waals surface area contributed by atoms with Gasteiger partial charge in [-0.1, -0.05) is 49.4 Å². The Bertz CT molecular complexity index is 1150. The van der Waals surface area contributed by atoms with E-state index in [2.05, 4.69) is 25.1 Å². The van der Waals surface area contributed by atoms with Crippen LogP contribution in [0.2, 0.25) is 0 Å². The molecular weight excluding hydrogens is 414 g/mol. The van der Waals surface area contributed by atoms with E-state index in [9.17, 15) is 9.59 Å². The number of aryl methyl sites for hydroxylation is 2. The Morgan fingerprint density at radius 2 is 2.00 bits per heavy atom. The monoisotopic (exact) mass is 441 g/mol. The highest BCUT2D eigenvalue weighted by Gasteiger charge is 2.22. The van der Waals surface area contributed by atoms with Gasteiger partial charge in [-0.3, -0.25) is 14.2 Å². The van der Waals surface area contributed by atoms with Crippen LogP contribution in [-0.4, -0.2) is 32.7 Å². The highest BCUT2D eigenvalue weighted by Crippen LogP contribution is 2.29. The van der Waals surface area contributed by atoms with E-state index < -0.39 is 0 Å². The van der Waals surface area contributed by atoms with Crippen LogP contribution >= 0.6 is 23.1 Å². The number of hydrogen-bond donors (Lipinski definition) is 0. The zero-order valence-corrected chi connectivity index (χ0v) is 19.4. The number of hydrogen-bond acceptors (Lipinski definition) is 5. The second-order valence-corrected chi connectivity index (χ2v) is 9.94. The van der Waals surface area contributed by atoms with Crippen LogP contribution < -0.4 is 5.56 Å². The second kappa shape index (κ2) is 8.94. The van der Waals surface area contributed by atoms with Crippen molar-refractivity contribution in [2.45, 2.75) is 58.3 Å². The molecule has 0 spiro atoms. The predicted molar refractivity (Wildman–Crippen MR) is 125 cm³/mol. The van der Waals surface area contributed by atoms with Crippen LogP contribution in [0.5, 0.6) is 0 Å². The second-order valence-electron chi connectivity index (χ2n) is 7.79. The van der Waals surface area contributed by atoms with E-state index in [0.717, 1.165) is 46.5 Å². The van der Waals surface area contributed by atoms with Gasteiger partial charge in [-0.15, -0.1) is 11.3 Å². The van der Waals surface area contributed by atoms with Gasteiger partial charge in [0, 0.05) is 24.5 Å². The molecule has 30 heavy (non-hydrogen) atoms. The van der Waals surface area contributed by atoms with Crippen molar-refractivity contribution in [3.63, 3.8) is 0 Å². The fourth-order valence-corrected chi connectivity index (χ4v) is 5.86. The van der Waals surface area contributed by atoms with Gasteiger partial charge < -0.3 is 4.90 Å². The van der Waals surface area contributed by atoms with Gasteiger partial charge in [0.25, 0.3) is 5.56 Å². The van der Waals surface area contributed by atoms with Gasteiger partial charge in [0.05, 0.1) is 11.1 Å². The molecule has 0 radical (unpaired) electrons. The summed E-state index contributed by atoms with van der Waals surface area (Å²) in [6.45, 7) is 8.18. The first-order valence-corrected chi connectivity index (χ1v) is 12.3. The maximum atomic E-state index is 13.2. The topological polar surface area (TPSA) is 55.2 Å². The lowest BCUT2D eigenvalue weighted by molar-refractivity contribution is -0.129. The van der Waals surface area contributed by atoms with E-state index in [1.807, 2.05) is 24.8 Å². The molecule has 1 amide bonds. The highest BCUT2D eigenvalue weighted by molar-refractivity contribution is 7.99. The zero-order valence-electron chi connectivity index (χ0n) is 17.7. The molecule has 4 rings (SSSR count). The Balaban J connectivity index is 1.56. The molecule has 3 aromatic rings. The van der Waals surface area contributed by atoms with Crippen molar-refractivity contribution in [3.8, 4) is 0 Å². The SMILES string of the molecule is CCCCn1c(SCC(=O)N2CCc3ccccc3C2)nc2sc(C)c(C)c2c1=O. The molecule has 2 aromatic heterocycles. The van der Waals surface area contributed by atoms with Gasteiger partial charge in [-0.05, 0) is 43.4 Å². The van der Waals surface area contributed by atoms with Crippen molar-refractivity contribution >= 4 is 39.2 Å². The number of fused-ring (bicyclic) bond motifs is 2. The Morgan fingerprint density at radius 3 is 2.77 bits per heavy atom. The maximum Gasteiger partial charge on any atom is 0.263 e. The third kappa shape index (κ3) is 4.05. The fraction of sp³-hybridized carbons (Fsp3) is 0.435. The zero-order chi connectivity index (χ0) is 21.3. The smallest absolute Gasteiger partial charge is 0.263 e. The summed E-state index contributed by atoms with van der Waals surface area (Å²) in [7, 11) is 0. The molecular formula is C23H27N3O2S2. The summed E-state index contributed by atoms with van der Waals surface area (Å²) in [5, 5.41) is 1.39.